The largest absolute Gasteiger partial charge is 0.240 e. The van der Waals surface area contributed by atoms with Crippen molar-refractivity contribution in [2.24, 2.45) is 0 Å². The Kier molecular flexibility index (Phi) is 4.22. The van der Waals surface area contributed by atoms with Crippen LogP contribution >= 0.6 is 11.8 Å². The third-order valence-electron chi connectivity index (χ3n) is 2.80. The Morgan fingerprint density at radius 1 is 1.33 bits per heavy atom. The Bertz CT molecular complexity index is 599. The van der Waals surface area contributed by atoms with Crippen molar-refractivity contribution in [1.29, 1.82) is 5.26 Å². The number of benzene rings is 1. The molecule has 1 aromatic heterocycles. The Labute approximate surface area is 112 Å². The summed E-state index contributed by atoms with van der Waals surface area (Å²) in [4.78, 5) is 4.62. The normalized spacial score (nSPS) is 10.5. The van der Waals surface area contributed by atoms with Gasteiger partial charge in [0, 0.05) is 5.39 Å². The van der Waals surface area contributed by atoms with Gasteiger partial charge in [0.15, 0.2) is 0 Å². The zero-order chi connectivity index (χ0) is 13.0. The number of aryl methyl sites for hydroxylation is 1. The maximum absolute atomic E-state index is 9.19. The molecule has 92 valence electrons. The molecule has 0 radical (unpaired) electrons. The summed E-state index contributed by atoms with van der Waals surface area (Å²) in [5.74, 6) is 1.02. The third-order valence-corrected chi connectivity index (χ3v) is 3.87. The molecule has 18 heavy (non-hydrogen) atoms. The SMILES string of the molecule is CCCCSc1nc2cc(C)ccc2cc1C#N. The zero-order valence-electron chi connectivity index (χ0n) is 10.7. The second-order valence-electron chi connectivity index (χ2n) is 4.35. The van der Waals surface area contributed by atoms with Crippen molar-refractivity contribution >= 4 is 22.7 Å². The Hall–Kier alpha value is -1.53. The van der Waals surface area contributed by atoms with Crippen molar-refractivity contribution in [3.05, 3.63) is 35.4 Å². The van der Waals surface area contributed by atoms with Crippen LogP contribution in [0.5, 0.6) is 0 Å². The summed E-state index contributed by atoms with van der Waals surface area (Å²) >= 11 is 1.68. The lowest BCUT2D eigenvalue weighted by Crippen LogP contribution is -1.91. The monoisotopic (exact) mass is 256 g/mol. The van der Waals surface area contributed by atoms with E-state index in [1.54, 1.807) is 11.8 Å². The summed E-state index contributed by atoms with van der Waals surface area (Å²) in [6.45, 7) is 4.23. The standard InChI is InChI=1S/C15H16N2S/c1-3-4-7-18-15-13(10-16)9-12-6-5-11(2)8-14(12)17-15/h5-6,8-9H,3-4,7H2,1-2H3. The summed E-state index contributed by atoms with van der Waals surface area (Å²) in [7, 11) is 0. The van der Waals surface area contributed by atoms with E-state index in [9.17, 15) is 5.26 Å². The van der Waals surface area contributed by atoms with Crippen LogP contribution in [0, 0.1) is 18.3 Å². The van der Waals surface area contributed by atoms with Gasteiger partial charge in [-0.05, 0) is 36.8 Å². The minimum Gasteiger partial charge on any atom is -0.240 e. The lowest BCUT2D eigenvalue weighted by molar-refractivity contribution is 0.894. The van der Waals surface area contributed by atoms with E-state index in [0.29, 0.717) is 5.56 Å². The summed E-state index contributed by atoms with van der Waals surface area (Å²) in [6, 6.07) is 10.3. The molecular weight excluding hydrogens is 240 g/mol. The lowest BCUT2D eigenvalue weighted by Gasteiger charge is -2.05. The molecule has 0 aliphatic rings. The van der Waals surface area contributed by atoms with Crippen molar-refractivity contribution in [2.45, 2.75) is 31.7 Å². The van der Waals surface area contributed by atoms with Crippen molar-refractivity contribution in [1.82, 2.24) is 4.98 Å². The first kappa shape index (κ1) is 12.9. The maximum atomic E-state index is 9.19. The molecule has 0 saturated carbocycles. The van der Waals surface area contributed by atoms with Crippen LogP contribution in [0.3, 0.4) is 0 Å². The van der Waals surface area contributed by atoms with Gasteiger partial charge in [-0.1, -0.05) is 25.5 Å². The fraction of sp³-hybridized carbons (Fsp3) is 0.333. The van der Waals surface area contributed by atoms with E-state index in [2.05, 4.69) is 37.0 Å². The number of rotatable bonds is 4. The molecule has 0 fully saturated rings. The third kappa shape index (κ3) is 2.83. The fourth-order valence-electron chi connectivity index (χ4n) is 1.76. The number of aromatic nitrogens is 1. The van der Waals surface area contributed by atoms with Crippen LogP contribution in [-0.2, 0) is 0 Å². The molecule has 3 heteroatoms. The number of fused-ring (bicyclic) bond motifs is 1. The predicted octanol–water partition coefficient (Wildman–Crippen LogP) is 4.31. The minimum atomic E-state index is 0.687. The van der Waals surface area contributed by atoms with Gasteiger partial charge in [0.25, 0.3) is 0 Å². The van der Waals surface area contributed by atoms with Crippen molar-refractivity contribution < 1.29 is 0 Å². The van der Waals surface area contributed by atoms with Crippen LogP contribution in [0.4, 0.5) is 0 Å². The van der Waals surface area contributed by atoms with E-state index in [-0.39, 0.29) is 0 Å². The average Bonchev–Trinajstić information content (AvgIpc) is 2.38. The molecule has 0 saturated heterocycles. The van der Waals surface area contributed by atoms with Crippen molar-refractivity contribution in [2.75, 3.05) is 5.75 Å². The smallest absolute Gasteiger partial charge is 0.115 e. The quantitative estimate of drug-likeness (QED) is 0.604. The molecule has 0 aliphatic heterocycles. The highest BCUT2D eigenvalue weighted by Crippen LogP contribution is 2.25. The van der Waals surface area contributed by atoms with E-state index in [0.717, 1.165) is 28.1 Å². The van der Waals surface area contributed by atoms with Gasteiger partial charge in [0.1, 0.15) is 11.1 Å². The first-order valence-electron chi connectivity index (χ1n) is 6.19. The second-order valence-corrected chi connectivity index (χ2v) is 5.43. The molecular formula is C15H16N2S. The number of hydrogen-bond acceptors (Lipinski definition) is 3. The van der Waals surface area contributed by atoms with E-state index in [1.165, 1.54) is 12.0 Å². The molecule has 0 amide bonds. The lowest BCUT2D eigenvalue weighted by atomic mass is 10.1. The van der Waals surface area contributed by atoms with Gasteiger partial charge in [-0.3, -0.25) is 0 Å². The molecule has 2 nitrogen and oxygen atoms in total. The molecule has 0 unspecified atom stereocenters. The van der Waals surface area contributed by atoms with Crippen LogP contribution in [0.25, 0.3) is 10.9 Å². The predicted molar refractivity (Wildman–Crippen MR) is 76.8 cm³/mol. The van der Waals surface area contributed by atoms with Gasteiger partial charge in [0.05, 0.1) is 11.1 Å². The summed E-state index contributed by atoms with van der Waals surface area (Å²) < 4.78 is 0. The molecule has 0 atom stereocenters. The number of thioether (sulfide) groups is 1. The molecule has 0 aliphatic carbocycles. The Balaban J connectivity index is 2.41. The Morgan fingerprint density at radius 3 is 2.89 bits per heavy atom. The molecule has 0 N–H and O–H groups in total. The highest BCUT2D eigenvalue weighted by atomic mass is 32.2. The molecule has 2 rings (SSSR count). The van der Waals surface area contributed by atoms with E-state index < -0.39 is 0 Å². The van der Waals surface area contributed by atoms with Crippen LogP contribution in [0.2, 0.25) is 0 Å². The number of unbranched alkanes of at least 4 members (excludes halogenated alkanes) is 1. The summed E-state index contributed by atoms with van der Waals surface area (Å²) in [5.41, 5.74) is 2.87. The summed E-state index contributed by atoms with van der Waals surface area (Å²) in [5, 5.41) is 11.1. The molecule has 2 aromatic rings. The fourth-order valence-corrected chi connectivity index (χ4v) is 2.81. The van der Waals surface area contributed by atoms with Crippen LogP contribution in [0.1, 0.15) is 30.9 Å². The van der Waals surface area contributed by atoms with Gasteiger partial charge < -0.3 is 0 Å². The van der Waals surface area contributed by atoms with Crippen molar-refractivity contribution in [3.8, 4) is 6.07 Å². The Morgan fingerprint density at radius 2 is 2.17 bits per heavy atom. The van der Waals surface area contributed by atoms with E-state index in [4.69, 9.17) is 0 Å². The number of pyridine rings is 1. The summed E-state index contributed by atoms with van der Waals surface area (Å²) in [6.07, 6.45) is 2.32. The second kappa shape index (κ2) is 5.88. The van der Waals surface area contributed by atoms with E-state index in [1.807, 2.05) is 12.1 Å². The van der Waals surface area contributed by atoms with Crippen LogP contribution in [0.15, 0.2) is 29.3 Å². The topological polar surface area (TPSA) is 36.7 Å². The number of nitriles is 1. The average molecular weight is 256 g/mol. The van der Waals surface area contributed by atoms with E-state index >= 15 is 0 Å². The molecule has 1 heterocycles. The number of nitrogens with zero attached hydrogens (tertiary/aromatic N) is 2. The van der Waals surface area contributed by atoms with Gasteiger partial charge in [-0.2, -0.15) is 5.26 Å². The van der Waals surface area contributed by atoms with Crippen LogP contribution < -0.4 is 0 Å². The first-order valence-corrected chi connectivity index (χ1v) is 7.17. The molecule has 0 bridgehead atoms. The highest BCUT2D eigenvalue weighted by Gasteiger charge is 2.07. The number of hydrogen-bond donors (Lipinski definition) is 0. The minimum absolute atomic E-state index is 0.687. The molecule has 0 spiro atoms. The van der Waals surface area contributed by atoms with Gasteiger partial charge >= 0.3 is 0 Å². The molecule has 1 aromatic carbocycles. The highest BCUT2D eigenvalue weighted by molar-refractivity contribution is 7.99. The van der Waals surface area contributed by atoms with Gasteiger partial charge in [-0.15, -0.1) is 11.8 Å². The van der Waals surface area contributed by atoms with Gasteiger partial charge in [0.2, 0.25) is 0 Å². The van der Waals surface area contributed by atoms with Gasteiger partial charge in [-0.25, -0.2) is 4.98 Å². The zero-order valence-corrected chi connectivity index (χ0v) is 11.5. The van der Waals surface area contributed by atoms with Crippen LogP contribution in [-0.4, -0.2) is 10.7 Å². The van der Waals surface area contributed by atoms with Crippen molar-refractivity contribution in [3.63, 3.8) is 0 Å². The maximum Gasteiger partial charge on any atom is 0.115 e. The first-order chi connectivity index (χ1) is 8.74.